The number of halogens is 2. The van der Waals surface area contributed by atoms with Crippen molar-refractivity contribution in [1.29, 1.82) is 0 Å². The fraction of sp³-hybridized carbons (Fsp3) is 0.500. The van der Waals surface area contributed by atoms with Crippen molar-refractivity contribution in [3.05, 3.63) is 33.8 Å². The summed E-state index contributed by atoms with van der Waals surface area (Å²) in [7, 11) is 0. The minimum atomic E-state index is -0.138. The molecule has 0 bridgehead atoms. The number of nitrogens with zero attached hydrogens (tertiary/aromatic N) is 1. The summed E-state index contributed by atoms with van der Waals surface area (Å²) in [5.74, 6) is -0.138. The Labute approximate surface area is 128 Å². The Balaban J connectivity index is 1.98. The SMILES string of the molecule is O=C(c1c(Cl)cccc1Cl)N1CCC(OCCO)CC1. The minimum Gasteiger partial charge on any atom is -0.394 e. The number of hydrogen-bond donors (Lipinski definition) is 1. The molecular weight excluding hydrogens is 301 g/mol. The van der Waals surface area contributed by atoms with E-state index in [1.807, 2.05) is 0 Å². The van der Waals surface area contributed by atoms with Gasteiger partial charge in [0.25, 0.3) is 5.91 Å². The van der Waals surface area contributed by atoms with E-state index in [1.54, 1.807) is 23.1 Å². The lowest BCUT2D eigenvalue weighted by molar-refractivity contribution is -0.00553. The summed E-state index contributed by atoms with van der Waals surface area (Å²) >= 11 is 12.1. The minimum absolute atomic E-state index is 0.0222. The number of carbonyl (C=O) groups excluding carboxylic acids is 1. The molecule has 1 aromatic rings. The summed E-state index contributed by atoms with van der Waals surface area (Å²) in [6, 6.07) is 5.05. The van der Waals surface area contributed by atoms with Gasteiger partial charge in [0.2, 0.25) is 0 Å². The Morgan fingerprint density at radius 2 is 1.90 bits per heavy atom. The number of hydrogen-bond acceptors (Lipinski definition) is 3. The van der Waals surface area contributed by atoms with Gasteiger partial charge in [-0.15, -0.1) is 0 Å². The number of rotatable bonds is 4. The second-order valence-electron chi connectivity index (χ2n) is 4.68. The molecule has 0 spiro atoms. The first-order valence-electron chi connectivity index (χ1n) is 6.59. The van der Waals surface area contributed by atoms with Crippen LogP contribution >= 0.6 is 23.2 Å². The predicted molar refractivity (Wildman–Crippen MR) is 78.4 cm³/mol. The second-order valence-corrected chi connectivity index (χ2v) is 5.50. The Kier molecular flexibility index (Phi) is 5.66. The highest BCUT2D eigenvalue weighted by atomic mass is 35.5. The number of piperidine rings is 1. The average molecular weight is 318 g/mol. The first-order chi connectivity index (χ1) is 9.63. The van der Waals surface area contributed by atoms with Crippen LogP contribution in [0.1, 0.15) is 23.2 Å². The molecule has 0 aliphatic carbocycles. The fourth-order valence-electron chi connectivity index (χ4n) is 2.31. The highest BCUT2D eigenvalue weighted by molar-refractivity contribution is 6.39. The van der Waals surface area contributed by atoms with Crippen LogP contribution in [0.2, 0.25) is 10.0 Å². The van der Waals surface area contributed by atoms with Crippen LogP contribution in [0.5, 0.6) is 0 Å². The molecule has 0 saturated carbocycles. The van der Waals surface area contributed by atoms with E-state index in [2.05, 4.69) is 0 Å². The van der Waals surface area contributed by atoms with Gasteiger partial charge in [0.15, 0.2) is 0 Å². The molecule has 1 heterocycles. The summed E-state index contributed by atoms with van der Waals surface area (Å²) in [6.07, 6.45) is 1.62. The molecule has 0 aromatic heterocycles. The highest BCUT2D eigenvalue weighted by Gasteiger charge is 2.26. The Morgan fingerprint density at radius 3 is 2.45 bits per heavy atom. The van der Waals surface area contributed by atoms with Gasteiger partial charge < -0.3 is 14.7 Å². The van der Waals surface area contributed by atoms with Crippen molar-refractivity contribution in [3.63, 3.8) is 0 Å². The monoisotopic (exact) mass is 317 g/mol. The topological polar surface area (TPSA) is 49.8 Å². The molecule has 0 radical (unpaired) electrons. The second kappa shape index (κ2) is 7.27. The molecule has 1 aliphatic heterocycles. The lowest BCUT2D eigenvalue weighted by Gasteiger charge is -2.32. The molecule has 1 saturated heterocycles. The van der Waals surface area contributed by atoms with Crippen LogP contribution in [0.3, 0.4) is 0 Å². The maximum absolute atomic E-state index is 12.4. The maximum Gasteiger partial charge on any atom is 0.256 e. The average Bonchev–Trinajstić information content (AvgIpc) is 2.45. The zero-order valence-corrected chi connectivity index (χ0v) is 12.5. The predicted octanol–water partition coefficient (Wildman–Crippen LogP) is 2.61. The smallest absolute Gasteiger partial charge is 0.256 e. The highest BCUT2D eigenvalue weighted by Crippen LogP contribution is 2.27. The summed E-state index contributed by atoms with van der Waals surface area (Å²) < 4.78 is 5.47. The van der Waals surface area contributed by atoms with E-state index >= 15 is 0 Å². The first-order valence-corrected chi connectivity index (χ1v) is 7.35. The Hall–Kier alpha value is -0.810. The molecular formula is C14H17Cl2NO3. The Morgan fingerprint density at radius 1 is 1.30 bits per heavy atom. The van der Waals surface area contributed by atoms with Gasteiger partial charge in [0, 0.05) is 13.1 Å². The molecule has 110 valence electrons. The largest absolute Gasteiger partial charge is 0.394 e. The number of likely N-dealkylation sites (tertiary alicyclic amines) is 1. The summed E-state index contributed by atoms with van der Waals surface area (Å²) in [5, 5.41) is 9.48. The third kappa shape index (κ3) is 3.64. The van der Waals surface area contributed by atoms with E-state index in [0.717, 1.165) is 12.8 Å². The number of benzene rings is 1. The van der Waals surface area contributed by atoms with Crippen LogP contribution in [0.15, 0.2) is 18.2 Å². The zero-order valence-electron chi connectivity index (χ0n) is 11.0. The molecule has 2 rings (SSSR count). The van der Waals surface area contributed by atoms with Crippen LogP contribution < -0.4 is 0 Å². The van der Waals surface area contributed by atoms with E-state index in [0.29, 0.717) is 35.3 Å². The number of ether oxygens (including phenoxy) is 1. The quantitative estimate of drug-likeness (QED) is 0.928. The standard InChI is InChI=1S/C14H17Cl2NO3/c15-11-2-1-3-12(16)13(11)14(19)17-6-4-10(5-7-17)20-9-8-18/h1-3,10,18H,4-9H2. The zero-order chi connectivity index (χ0) is 14.5. The van der Waals surface area contributed by atoms with Crippen molar-refractivity contribution >= 4 is 29.1 Å². The molecule has 6 heteroatoms. The van der Waals surface area contributed by atoms with Crippen LogP contribution in [-0.4, -0.2) is 48.3 Å². The number of carbonyl (C=O) groups is 1. The van der Waals surface area contributed by atoms with Crippen molar-refractivity contribution < 1.29 is 14.6 Å². The van der Waals surface area contributed by atoms with Crippen molar-refractivity contribution in [2.75, 3.05) is 26.3 Å². The van der Waals surface area contributed by atoms with Crippen LogP contribution in [-0.2, 0) is 4.74 Å². The van der Waals surface area contributed by atoms with Gasteiger partial charge in [-0.25, -0.2) is 0 Å². The van der Waals surface area contributed by atoms with E-state index in [9.17, 15) is 4.79 Å². The molecule has 0 atom stereocenters. The third-order valence-corrected chi connectivity index (χ3v) is 3.98. The molecule has 1 amide bonds. The van der Waals surface area contributed by atoms with Crippen LogP contribution in [0.4, 0.5) is 0 Å². The maximum atomic E-state index is 12.4. The van der Waals surface area contributed by atoms with E-state index < -0.39 is 0 Å². The van der Waals surface area contributed by atoms with Gasteiger partial charge in [0.05, 0.1) is 34.9 Å². The molecule has 20 heavy (non-hydrogen) atoms. The fourth-order valence-corrected chi connectivity index (χ4v) is 2.86. The molecule has 1 aromatic carbocycles. The molecule has 4 nitrogen and oxygen atoms in total. The molecule has 1 N–H and O–H groups in total. The van der Waals surface area contributed by atoms with E-state index in [4.69, 9.17) is 33.0 Å². The van der Waals surface area contributed by atoms with Gasteiger partial charge in [0.1, 0.15) is 0 Å². The summed E-state index contributed by atoms with van der Waals surface area (Å²) in [4.78, 5) is 14.2. The summed E-state index contributed by atoms with van der Waals surface area (Å²) in [6.45, 7) is 1.58. The lowest BCUT2D eigenvalue weighted by Crippen LogP contribution is -2.41. The van der Waals surface area contributed by atoms with Crippen molar-refractivity contribution in [1.82, 2.24) is 4.90 Å². The van der Waals surface area contributed by atoms with Gasteiger partial charge in [-0.2, -0.15) is 0 Å². The van der Waals surface area contributed by atoms with Gasteiger partial charge in [-0.05, 0) is 25.0 Å². The lowest BCUT2D eigenvalue weighted by atomic mass is 10.1. The van der Waals surface area contributed by atoms with Gasteiger partial charge in [-0.1, -0.05) is 29.3 Å². The van der Waals surface area contributed by atoms with E-state index in [1.165, 1.54) is 0 Å². The molecule has 1 aliphatic rings. The summed E-state index contributed by atoms with van der Waals surface area (Å²) in [5.41, 5.74) is 0.366. The molecule has 0 unspecified atom stereocenters. The van der Waals surface area contributed by atoms with Crippen LogP contribution in [0, 0.1) is 0 Å². The first kappa shape index (κ1) is 15.6. The number of aliphatic hydroxyl groups is 1. The third-order valence-electron chi connectivity index (χ3n) is 3.35. The number of aliphatic hydroxyl groups excluding tert-OH is 1. The van der Waals surface area contributed by atoms with Gasteiger partial charge in [-0.3, -0.25) is 4.79 Å². The number of amides is 1. The van der Waals surface area contributed by atoms with Crippen molar-refractivity contribution in [2.24, 2.45) is 0 Å². The Bertz CT molecular complexity index is 453. The molecule has 1 fully saturated rings. The normalized spacial score (nSPS) is 16.4. The van der Waals surface area contributed by atoms with E-state index in [-0.39, 0.29) is 18.6 Å². The van der Waals surface area contributed by atoms with Crippen LogP contribution in [0.25, 0.3) is 0 Å². The van der Waals surface area contributed by atoms with Gasteiger partial charge >= 0.3 is 0 Å². The van der Waals surface area contributed by atoms with Crippen molar-refractivity contribution in [3.8, 4) is 0 Å². The van der Waals surface area contributed by atoms with Crippen molar-refractivity contribution in [2.45, 2.75) is 18.9 Å².